The molecule has 3 N–H and O–H groups in total. The van der Waals surface area contributed by atoms with Gasteiger partial charge in [0.15, 0.2) is 11.5 Å². The van der Waals surface area contributed by atoms with Crippen LogP contribution in [-0.4, -0.2) is 56.8 Å². The number of thiazole rings is 1. The summed E-state index contributed by atoms with van der Waals surface area (Å²) >= 11 is 2.79. The fourth-order valence-electron chi connectivity index (χ4n) is 6.95. The van der Waals surface area contributed by atoms with E-state index in [-0.39, 0.29) is 76.7 Å². The molecule has 0 spiro atoms. The maximum absolute atomic E-state index is 13.4. The number of carboxylic acid groups (broad SMARTS) is 1. The number of aliphatic carboxylic acids is 1. The van der Waals surface area contributed by atoms with Crippen LogP contribution in [0.2, 0.25) is 0 Å². The van der Waals surface area contributed by atoms with Gasteiger partial charge in [-0.25, -0.2) is 0 Å². The summed E-state index contributed by atoms with van der Waals surface area (Å²) in [6, 6.07) is 5.22. The van der Waals surface area contributed by atoms with Gasteiger partial charge in [-0.2, -0.15) is 0 Å². The highest BCUT2D eigenvalue weighted by Crippen LogP contribution is 2.68. The van der Waals surface area contributed by atoms with Gasteiger partial charge >= 0.3 is 10.8 Å². The first-order valence-electron chi connectivity index (χ1n) is 11.6. The number of carbonyl (C=O) groups excluding carboxylic acids is 2. The molecule has 1 aromatic carbocycles. The fraction of sp³-hybridized carbons (Fsp3) is 0.500. The topological polar surface area (TPSA) is 137 Å². The zero-order valence-corrected chi connectivity index (χ0v) is 20.4. The number of benzene rings is 1. The molecule has 2 aliphatic heterocycles. The Kier molecular flexibility index (Phi) is 5.26. The summed E-state index contributed by atoms with van der Waals surface area (Å²) in [5, 5.41) is 20.0. The van der Waals surface area contributed by atoms with Gasteiger partial charge in [0.05, 0.1) is 24.0 Å². The van der Waals surface area contributed by atoms with Crippen LogP contribution in [0.3, 0.4) is 0 Å². The van der Waals surface area contributed by atoms with Crippen LogP contribution in [0.5, 0.6) is 11.5 Å². The summed E-state index contributed by atoms with van der Waals surface area (Å²) in [7, 11) is 1.49. The summed E-state index contributed by atoms with van der Waals surface area (Å²) in [6.07, 6.45) is 0.944. The Morgan fingerprint density at radius 2 is 1.94 bits per heavy atom. The summed E-state index contributed by atoms with van der Waals surface area (Å²) in [5.41, 5.74) is 0.908. The van der Waals surface area contributed by atoms with Crippen molar-refractivity contribution in [2.24, 2.45) is 29.6 Å². The van der Waals surface area contributed by atoms with E-state index in [0.717, 1.165) is 21.9 Å². The number of aromatic hydroxyl groups is 1. The SMILES string of the molecule is COc1cc(C2c3sc(=O)[nH]c3SC3C4CC(C5C(=O)N(CCCC(=O)O)C(=O)C45)C23)ccc1O. The normalized spacial score (nSPS) is 32.5. The van der Waals surface area contributed by atoms with Crippen LogP contribution in [0.4, 0.5) is 0 Å². The van der Waals surface area contributed by atoms with Gasteiger partial charge in [0.1, 0.15) is 0 Å². The lowest BCUT2D eigenvalue weighted by atomic mass is 9.68. The number of hydrogen-bond acceptors (Lipinski definition) is 8. The number of nitrogens with zero attached hydrogens (tertiary/aromatic N) is 1. The molecular formula is C24H24N2O7S2. The van der Waals surface area contributed by atoms with Crippen molar-refractivity contribution >= 4 is 40.9 Å². The first-order chi connectivity index (χ1) is 16.8. The van der Waals surface area contributed by atoms with E-state index in [1.807, 2.05) is 6.07 Å². The quantitative estimate of drug-likeness (QED) is 0.498. The van der Waals surface area contributed by atoms with Crippen molar-refractivity contribution in [1.29, 1.82) is 0 Å². The minimum Gasteiger partial charge on any atom is -0.504 e. The molecule has 2 saturated carbocycles. The molecule has 6 rings (SSSR count). The van der Waals surface area contributed by atoms with E-state index >= 15 is 0 Å². The van der Waals surface area contributed by atoms with E-state index in [1.54, 1.807) is 23.9 Å². The monoisotopic (exact) mass is 516 g/mol. The number of likely N-dealkylation sites (tertiary alicyclic amines) is 1. The molecule has 7 unspecified atom stereocenters. The summed E-state index contributed by atoms with van der Waals surface area (Å²) < 4.78 is 5.34. The highest BCUT2D eigenvalue weighted by Gasteiger charge is 2.69. The van der Waals surface area contributed by atoms with Gasteiger partial charge in [0.25, 0.3) is 0 Å². The number of hydrogen-bond donors (Lipinski definition) is 3. The molecule has 35 heavy (non-hydrogen) atoms. The van der Waals surface area contributed by atoms with Crippen molar-refractivity contribution in [3.05, 3.63) is 38.3 Å². The molecule has 3 heterocycles. The van der Waals surface area contributed by atoms with Crippen LogP contribution in [0, 0.1) is 29.6 Å². The number of fused-ring (bicyclic) bond motifs is 9. The number of thioether (sulfide) groups is 1. The Hall–Kier alpha value is -2.79. The van der Waals surface area contributed by atoms with Crippen LogP contribution in [-0.2, 0) is 14.4 Å². The number of amides is 2. The number of carbonyl (C=O) groups is 3. The number of carboxylic acids is 1. The molecule has 0 radical (unpaired) electrons. The van der Waals surface area contributed by atoms with Gasteiger partial charge in [0, 0.05) is 29.0 Å². The average Bonchev–Trinajstić information content (AvgIpc) is 3.54. The minimum atomic E-state index is -0.945. The number of ether oxygens (including phenoxy) is 1. The molecule has 2 bridgehead atoms. The number of aromatic nitrogens is 1. The highest BCUT2D eigenvalue weighted by molar-refractivity contribution is 8.00. The molecule has 1 saturated heterocycles. The van der Waals surface area contributed by atoms with E-state index in [9.17, 15) is 24.3 Å². The number of phenolic OH excluding ortho intramolecular Hbond substituents is 1. The van der Waals surface area contributed by atoms with Crippen molar-refractivity contribution in [2.75, 3.05) is 13.7 Å². The maximum atomic E-state index is 13.4. The minimum absolute atomic E-state index is 0.0130. The molecule has 2 aliphatic carbocycles. The molecule has 9 nitrogen and oxygen atoms in total. The zero-order valence-electron chi connectivity index (χ0n) is 18.8. The maximum Gasteiger partial charge on any atom is 0.305 e. The molecule has 2 aromatic rings. The second-order valence-corrected chi connectivity index (χ2v) is 11.9. The van der Waals surface area contributed by atoms with Gasteiger partial charge in [-0.1, -0.05) is 17.4 Å². The van der Waals surface area contributed by atoms with Crippen LogP contribution in [0.25, 0.3) is 0 Å². The number of methoxy groups -OCH3 is 1. The standard InChI is InChI=1S/C24H24N2O7S2/c1-33-13-7-9(4-5-12(13)27)15-16-10-8-11(19(16)34-21-20(15)35-24(32)25-21)18-17(10)22(30)26(23(18)31)6-2-3-14(28)29/h4-5,7,10-11,15-19,27H,2-3,6,8H2,1H3,(H,25,32)(H,28,29). The Bertz CT molecular complexity index is 1300. The van der Waals surface area contributed by atoms with Crippen molar-refractivity contribution < 1.29 is 29.3 Å². The van der Waals surface area contributed by atoms with Gasteiger partial charge in [0.2, 0.25) is 11.8 Å². The van der Waals surface area contributed by atoms with Crippen LogP contribution >= 0.6 is 23.1 Å². The highest BCUT2D eigenvalue weighted by atomic mass is 32.2. The van der Waals surface area contributed by atoms with Crippen molar-refractivity contribution in [3.8, 4) is 11.5 Å². The molecular weight excluding hydrogens is 492 g/mol. The molecule has 2 amide bonds. The first kappa shape index (κ1) is 22.7. The smallest absolute Gasteiger partial charge is 0.305 e. The van der Waals surface area contributed by atoms with E-state index in [0.29, 0.717) is 5.75 Å². The van der Waals surface area contributed by atoms with Crippen LogP contribution in [0.1, 0.15) is 35.6 Å². The Morgan fingerprint density at radius 3 is 2.66 bits per heavy atom. The van der Waals surface area contributed by atoms with E-state index in [2.05, 4.69) is 4.98 Å². The van der Waals surface area contributed by atoms with Crippen molar-refractivity contribution in [1.82, 2.24) is 9.88 Å². The number of nitrogens with one attached hydrogen (secondary N) is 1. The Balaban J connectivity index is 1.39. The molecule has 7 atom stereocenters. The van der Waals surface area contributed by atoms with Crippen LogP contribution in [0.15, 0.2) is 28.0 Å². The van der Waals surface area contributed by atoms with Gasteiger partial charge < -0.3 is 19.9 Å². The third-order valence-electron chi connectivity index (χ3n) is 8.15. The largest absolute Gasteiger partial charge is 0.504 e. The molecule has 184 valence electrons. The first-order valence-corrected chi connectivity index (χ1v) is 13.3. The number of phenols is 1. The number of H-pyrrole nitrogens is 1. The van der Waals surface area contributed by atoms with Crippen LogP contribution < -0.4 is 9.61 Å². The average molecular weight is 517 g/mol. The Labute approximate surface area is 208 Å². The van der Waals surface area contributed by atoms with Gasteiger partial charge in [-0.3, -0.25) is 24.1 Å². The summed E-state index contributed by atoms with van der Waals surface area (Å²) in [5.74, 6) is -1.82. The van der Waals surface area contributed by atoms with Crippen molar-refractivity contribution in [2.45, 2.75) is 35.5 Å². The predicted octanol–water partition coefficient (Wildman–Crippen LogP) is 2.49. The van der Waals surface area contributed by atoms with E-state index in [4.69, 9.17) is 9.84 Å². The lowest BCUT2D eigenvalue weighted by molar-refractivity contribution is -0.142. The third kappa shape index (κ3) is 3.27. The lowest BCUT2D eigenvalue weighted by Gasteiger charge is -2.43. The summed E-state index contributed by atoms with van der Waals surface area (Å²) in [6.45, 7) is 0.137. The van der Waals surface area contributed by atoms with Crippen molar-refractivity contribution in [3.63, 3.8) is 0 Å². The zero-order chi connectivity index (χ0) is 24.6. The van der Waals surface area contributed by atoms with Gasteiger partial charge in [-0.05, 0) is 48.3 Å². The fourth-order valence-corrected chi connectivity index (χ4v) is 9.84. The Morgan fingerprint density at radius 1 is 1.20 bits per heavy atom. The van der Waals surface area contributed by atoms with Gasteiger partial charge in [-0.15, -0.1) is 11.8 Å². The number of aromatic amines is 1. The summed E-state index contributed by atoms with van der Waals surface area (Å²) in [4.78, 5) is 55.0. The number of imide groups is 1. The lowest BCUT2D eigenvalue weighted by Crippen LogP contribution is -2.42. The number of rotatable bonds is 6. The van der Waals surface area contributed by atoms with E-state index < -0.39 is 11.9 Å². The van der Waals surface area contributed by atoms with E-state index in [1.165, 1.54) is 23.3 Å². The molecule has 3 fully saturated rings. The molecule has 4 aliphatic rings. The molecule has 11 heteroatoms. The second kappa shape index (κ2) is 8.12. The second-order valence-electron chi connectivity index (χ2n) is 9.72. The predicted molar refractivity (Wildman–Crippen MR) is 127 cm³/mol. The molecule has 1 aromatic heterocycles. The third-order valence-corrected chi connectivity index (χ3v) is 10.7.